The number of nitrogens with zero attached hydrogens (tertiary/aromatic N) is 1. The standard InChI is InChI=1S/C20H22FN3O2/c1-12-9-14(7-8-17(12)23-13(2)11-26-3)22-10-15-19-16(21)5-4-6-18(19)24-20(15)25/h4-10,13,15,23H,11H2,1-3H3,(H,24,25). The number of amides is 1. The number of carbonyl (C=O) groups is 1. The minimum atomic E-state index is -0.717. The molecule has 0 saturated carbocycles. The molecule has 26 heavy (non-hydrogen) atoms. The average Bonchev–Trinajstić information content (AvgIpc) is 2.92. The molecule has 0 radical (unpaired) electrons. The predicted molar refractivity (Wildman–Crippen MR) is 102 cm³/mol. The van der Waals surface area contributed by atoms with E-state index < -0.39 is 11.7 Å². The molecule has 2 N–H and O–H groups in total. The number of rotatable bonds is 6. The molecule has 0 fully saturated rings. The van der Waals surface area contributed by atoms with Crippen LogP contribution in [0.1, 0.15) is 24.0 Å². The van der Waals surface area contributed by atoms with Crippen molar-refractivity contribution in [3.8, 4) is 0 Å². The Balaban J connectivity index is 1.78. The van der Waals surface area contributed by atoms with Gasteiger partial charge in [-0.3, -0.25) is 9.79 Å². The van der Waals surface area contributed by atoms with Gasteiger partial charge in [0.2, 0.25) is 5.91 Å². The van der Waals surface area contributed by atoms with Crippen LogP contribution in [0.4, 0.5) is 21.5 Å². The average molecular weight is 355 g/mol. The number of aryl methyl sites for hydroxylation is 1. The van der Waals surface area contributed by atoms with E-state index in [1.54, 1.807) is 19.2 Å². The number of methoxy groups -OCH3 is 1. The summed E-state index contributed by atoms with van der Waals surface area (Å²) in [5, 5.41) is 6.06. The maximum absolute atomic E-state index is 14.1. The highest BCUT2D eigenvalue weighted by Crippen LogP contribution is 2.34. The molecule has 0 spiro atoms. The van der Waals surface area contributed by atoms with Gasteiger partial charge in [0.25, 0.3) is 0 Å². The van der Waals surface area contributed by atoms with E-state index in [4.69, 9.17) is 4.74 Å². The molecule has 0 aromatic heterocycles. The lowest BCUT2D eigenvalue weighted by Gasteiger charge is -2.16. The summed E-state index contributed by atoms with van der Waals surface area (Å²) in [7, 11) is 1.67. The van der Waals surface area contributed by atoms with Crippen LogP contribution in [0, 0.1) is 12.7 Å². The highest BCUT2D eigenvalue weighted by Gasteiger charge is 2.31. The van der Waals surface area contributed by atoms with E-state index in [2.05, 4.69) is 15.6 Å². The molecule has 0 bridgehead atoms. The van der Waals surface area contributed by atoms with Crippen molar-refractivity contribution in [1.29, 1.82) is 0 Å². The molecule has 0 saturated heterocycles. The number of carbonyl (C=O) groups excluding carboxylic acids is 1. The summed E-state index contributed by atoms with van der Waals surface area (Å²) in [5.41, 5.74) is 3.61. The van der Waals surface area contributed by atoms with E-state index in [-0.39, 0.29) is 11.9 Å². The first-order chi connectivity index (χ1) is 12.5. The summed E-state index contributed by atoms with van der Waals surface area (Å²) in [4.78, 5) is 16.5. The van der Waals surface area contributed by atoms with Crippen LogP contribution in [0.3, 0.4) is 0 Å². The van der Waals surface area contributed by atoms with Crippen molar-refractivity contribution in [2.45, 2.75) is 25.8 Å². The molecule has 1 amide bonds. The molecule has 2 aromatic rings. The summed E-state index contributed by atoms with van der Waals surface area (Å²) >= 11 is 0. The van der Waals surface area contributed by atoms with Crippen LogP contribution in [0.2, 0.25) is 0 Å². The predicted octanol–water partition coefficient (Wildman–Crippen LogP) is 4.02. The fourth-order valence-electron chi connectivity index (χ4n) is 3.05. The van der Waals surface area contributed by atoms with Gasteiger partial charge in [0.05, 0.1) is 12.3 Å². The molecule has 5 nitrogen and oxygen atoms in total. The zero-order valence-corrected chi connectivity index (χ0v) is 15.0. The summed E-state index contributed by atoms with van der Waals surface area (Å²) in [6.07, 6.45) is 1.50. The second-order valence-electron chi connectivity index (χ2n) is 6.45. The topological polar surface area (TPSA) is 62.7 Å². The minimum Gasteiger partial charge on any atom is -0.383 e. The molecule has 136 valence electrons. The lowest BCUT2D eigenvalue weighted by Crippen LogP contribution is -2.21. The molecule has 6 heteroatoms. The Labute approximate surface area is 152 Å². The molecule has 3 rings (SSSR count). The van der Waals surface area contributed by atoms with Crippen LogP contribution in [0.5, 0.6) is 0 Å². The molecule has 1 aliphatic heterocycles. The Morgan fingerprint density at radius 2 is 2.19 bits per heavy atom. The van der Waals surface area contributed by atoms with Crippen molar-refractivity contribution in [3.63, 3.8) is 0 Å². The Bertz CT molecular complexity index is 851. The van der Waals surface area contributed by atoms with Crippen molar-refractivity contribution in [1.82, 2.24) is 0 Å². The van der Waals surface area contributed by atoms with Gasteiger partial charge in [-0.05, 0) is 49.7 Å². The van der Waals surface area contributed by atoms with Gasteiger partial charge in [0, 0.05) is 36.3 Å². The molecule has 2 unspecified atom stereocenters. The van der Waals surface area contributed by atoms with Crippen LogP contribution in [-0.2, 0) is 9.53 Å². The van der Waals surface area contributed by atoms with E-state index in [9.17, 15) is 9.18 Å². The third kappa shape index (κ3) is 3.75. The van der Waals surface area contributed by atoms with Gasteiger partial charge < -0.3 is 15.4 Å². The molecular formula is C20H22FN3O2. The van der Waals surface area contributed by atoms with Crippen molar-refractivity contribution >= 4 is 29.2 Å². The number of halogens is 1. The lowest BCUT2D eigenvalue weighted by atomic mass is 10.0. The molecule has 2 aromatic carbocycles. The first kappa shape index (κ1) is 18.1. The summed E-state index contributed by atoms with van der Waals surface area (Å²) < 4.78 is 19.2. The molecule has 1 heterocycles. The highest BCUT2D eigenvalue weighted by atomic mass is 19.1. The van der Waals surface area contributed by atoms with Crippen molar-refractivity contribution in [2.75, 3.05) is 24.4 Å². The zero-order chi connectivity index (χ0) is 18.7. The van der Waals surface area contributed by atoms with E-state index in [0.29, 0.717) is 23.5 Å². The first-order valence-electron chi connectivity index (χ1n) is 8.49. The quantitative estimate of drug-likeness (QED) is 0.770. The monoisotopic (exact) mass is 355 g/mol. The fourth-order valence-corrected chi connectivity index (χ4v) is 3.05. The lowest BCUT2D eigenvalue weighted by molar-refractivity contribution is -0.115. The van der Waals surface area contributed by atoms with E-state index in [0.717, 1.165) is 11.3 Å². The first-order valence-corrected chi connectivity index (χ1v) is 8.49. The van der Waals surface area contributed by atoms with E-state index >= 15 is 0 Å². The number of aliphatic imine (C=N–C) groups is 1. The van der Waals surface area contributed by atoms with Gasteiger partial charge in [-0.15, -0.1) is 0 Å². The third-order valence-corrected chi connectivity index (χ3v) is 4.31. The molecule has 0 aliphatic carbocycles. The maximum Gasteiger partial charge on any atom is 0.237 e. The van der Waals surface area contributed by atoms with Crippen molar-refractivity contribution in [3.05, 3.63) is 53.3 Å². The van der Waals surface area contributed by atoms with Gasteiger partial charge in [0.1, 0.15) is 11.7 Å². The van der Waals surface area contributed by atoms with E-state index in [1.807, 2.05) is 32.0 Å². The number of hydrogen-bond donors (Lipinski definition) is 2. The van der Waals surface area contributed by atoms with Crippen LogP contribution in [0.25, 0.3) is 0 Å². The second-order valence-corrected chi connectivity index (χ2v) is 6.45. The Kier molecular flexibility index (Phi) is 5.32. The maximum atomic E-state index is 14.1. The van der Waals surface area contributed by atoms with E-state index in [1.165, 1.54) is 12.3 Å². The van der Waals surface area contributed by atoms with Gasteiger partial charge >= 0.3 is 0 Å². The molecular weight excluding hydrogens is 333 g/mol. The highest BCUT2D eigenvalue weighted by molar-refractivity contribution is 6.12. The van der Waals surface area contributed by atoms with Crippen LogP contribution >= 0.6 is 0 Å². The summed E-state index contributed by atoms with van der Waals surface area (Å²) in [6, 6.07) is 10.5. The van der Waals surface area contributed by atoms with Gasteiger partial charge in [-0.1, -0.05) is 6.07 Å². The Hall–Kier alpha value is -2.73. The smallest absolute Gasteiger partial charge is 0.237 e. The second kappa shape index (κ2) is 7.66. The summed E-state index contributed by atoms with van der Waals surface area (Å²) in [5.74, 6) is -1.39. The number of fused-ring (bicyclic) bond motifs is 1. The zero-order valence-electron chi connectivity index (χ0n) is 15.0. The number of benzene rings is 2. The van der Waals surface area contributed by atoms with Gasteiger partial charge in [0.15, 0.2) is 0 Å². The molecule has 2 atom stereocenters. The van der Waals surface area contributed by atoms with Gasteiger partial charge in [-0.25, -0.2) is 4.39 Å². The van der Waals surface area contributed by atoms with Crippen LogP contribution in [-0.4, -0.2) is 31.9 Å². The number of nitrogens with one attached hydrogen (secondary N) is 2. The van der Waals surface area contributed by atoms with Crippen LogP contribution < -0.4 is 10.6 Å². The number of ether oxygens (including phenoxy) is 1. The Morgan fingerprint density at radius 1 is 1.38 bits per heavy atom. The summed E-state index contributed by atoms with van der Waals surface area (Å²) in [6.45, 7) is 4.64. The largest absolute Gasteiger partial charge is 0.383 e. The third-order valence-electron chi connectivity index (χ3n) is 4.31. The number of hydrogen-bond acceptors (Lipinski definition) is 4. The Morgan fingerprint density at radius 3 is 2.92 bits per heavy atom. The number of anilines is 2. The SMILES string of the molecule is COCC(C)Nc1ccc(N=CC2C(=O)Nc3cccc(F)c32)cc1C. The normalized spacial score (nSPS) is 17.2. The van der Waals surface area contributed by atoms with Crippen molar-refractivity contribution < 1.29 is 13.9 Å². The van der Waals surface area contributed by atoms with Crippen molar-refractivity contribution in [2.24, 2.45) is 4.99 Å². The minimum absolute atomic E-state index is 0.190. The van der Waals surface area contributed by atoms with Crippen LogP contribution in [0.15, 0.2) is 41.4 Å². The fraction of sp³-hybridized carbons (Fsp3) is 0.300. The molecule has 1 aliphatic rings. The van der Waals surface area contributed by atoms with Gasteiger partial charge in [-0.2, -0.15) is 0 Å².